The first kappa shape index (κ1) is 16.6. The van der Waals surface area contributed by atoms with Crippen molar-refractivity contribution in [3.8, 4) is 5.75 Å². The molecule has 1 aromatic rings. The molecule has 6 heteroatoms. The molecule has 118 valence electrons. The van der Waals surface area contributed by atoms with Gasteiger partial charge in [-0.3, -0.25) is 14.5 Å². The lowest BCUT2D eigenvalue weighted by molar-refractivity contribution is -0.123. The fraction of sp³-hybridized carbons (Fsp3) is 0.375. The molecule has 2 rings (SSSR count). The number of hydrogen-bond acceptors (Lipinski definition) is 5. The first-order valence-corrected chi connectivity index (χ1v) is 7.94. The normalized spacial score (nSPS) is 16.6. The molecule has 1 saturated heterocycles. The van der Waals surface area contributed by atoms with E-state index in [0.29, 0.717) is 18.1 Å². The number of nitrogens with zero attached hydrogens (tertiary/aromatic N) is 1. The van der Waals surface area contributed by atoms with Crippen LogP contribution in [0.2, 0.25) is 0 Å². The summed E-state index contributed by atoms with van der Waals surface area (Å²) in [6.45, 7) is 3.35. The first-order valence-electron chi connectivity index (χ1n) is 7.13. The van der Waals surface area contributed by atoms with E-state index in [1.54, 1.807) is 6.08 Å². The summed E-state index contributed by atoms with van der Waals surface area (Å²) in [4.78, 5) is 25.6. The molecule has 0 atom stereocenters. The largest absolute Gasteiger partial charge is 0.494 e. The van der Waals surface area contributed by atoms with E-state index in [4.69, 9.17) is 9.47 Å². The van der Waals surface area contributed by atoms with E-state index in [9.17, 15) is 9.59 Å². The summed E-state index contributed by atoms with van der Waals surface area (Å²) in [6.07, 6.45) is 2.68. The van der Waals surface area contributed by atoms with Crippen LogP contribution in [0.4, 0.5) is 4.79 Å². The second kappa shape index (κ2) is 8.00. The third-order valence-electron chi connectivity index (χ3n) is 3.04. The Labute approximate surface area is 134 Å². The monoisotopic (exact) mass is 321 g/mol. The van der Waals surface area contributed by atoms with E-state index < -0.39 is 0 Å². The zero-order valence-corrected chi connectivity index (χ0v) is 13.5. The van der Waals surface area contributed by atoms with Crippen molar-refractivity contribution >= 4 is 29.0 Å². The van der Waals surface area contributed by atoms with Gasteiger partial charge in [0.1, 0.15) is 5.75 Å². The molecule has 0 N–H and O–H groups in total. The Morgan fingerprint density at radius 2 is 1.91 bits per heavy atom. The fourth-order valence-corrected chi connectivity index (χ4v) is 2.77. The quantitative estimate of drug-likeness (QED) is 0.722. The van der Waals surface area contributed by atoms with Gasteiger partial charge in [-0.15, -0.1) is 0 Å². The third-order valence-corrected chi connectivity index (χ3v) is 3.95. The molecule has 5 nitrogen and oxygen atoms in total. The van der Waals surface area contributed by atoms with Crippen LogP contribution in [0.15, 0.2) is 29.2 Å². The second-order valence-electron chi connectivity index (χ2n) is 4.74. The van der Waals surface area contributed by atoms with Crippen LogP contribution in [0.25, 0.3) is 6.08 Å². The van der Waals surface area contributed by atoms with Crippen LogP contribution in [0.1, 0.15) is 18.9 Å². The second-order valence-corrected chi connectivity index (χ2v) is 5.74. The molecule has 0 unspecified atom stereocenters. The summed E-state index contributed by atoms with van der Waals surface area (Å²) in [6, 6.07) is 7.45. The Bertz CT molecular complexity index is 568. The molecule has 1 aliphatic rings. The van der Waals surface area contributed by atoms with Gasteiger partial charge < -0.3 is 9.47 Å². The molecule has 22 heavy (non-hydrogen) atoms. The average Bonchev–Trinajstić information content (AvgIpc) is 2.79. The van der Waals surface area contributed by atoms with Crippen LogP contribution in [0.5, 0.6) is 5.75 Å². The van der Waals surface area contributed by atoms with Gasteiger partial charge in [0.2, 0.25) is 0 Å². The molecule has 1 aliphatic heterocycles. The number of carbonyl (C=O) groups is 2. The number of methoxy groups -OCH3 is 1. The van der Waals surface area contributed by atoms with Gasteiger partial charge in [-0.05, 0) is 42.0 Å². The minimum absolute atomic E-state index is 0.254. The lowest BCUT2D eigenvalue weighted by Gasteiger charge is -2.10. The van der Waals surface area contributed by atoms with Crippen molar-refractivity contribution in [3.05, 3.63) is 34.7 Å². The van der Waals surface area contributed by atoms with Gasteiger partial charge in [-0.2, -0.15) is 0 Å². The van der Waals surface area contributed by atoms with Gasteiger partial charge in [-0.25, -0.2) is 0 Å². The maximum Gasteiger partial charge on any atom is 0.293 e. The van der Waals surface area contributed by atoms with Crippen LogP contribution in [0, 0.1) is 0 Å². The highest BCUT2D eigenvalue weighted by atomic mass is 32.2. The number of carbonyl (C=O) groups excluding carboxylic acids is 2. The van der Waals surface area contributed by atoms with Crippen molar-refractivity contribution < 1.29 is 19.1 Å². The van der Waals surface area contributed by atoms with E-state index in [1.165, 1.54) is 12.0 Å². The summed E-state index contributed by atoms with van der Waals surface area (Å²) >= 11 is 0.957. The number of benzene rings is 1. The molecule has 1 heterocycles. The Kier molecular flexibility index (Phi) is 6.03. The van der Waals surface area contributed by atoms with Gasteiger partial charge in [0.05, 0.1) is 24.7 Å². The smallest absolute Gasteiger partial charge is 0.293 e. The van der Waals surface area contributed by atoms with Crippen molar-refractivity contribution in [2.24, 2.45) is 0 Å². The number of ether oxygens (including phenoxy) is 2. The summed E-state index contributed by atoms with van der Waals surface area (Å²) in [5, 5.41) is -0.254. The number of imide groups is 1. The van der Waals surface area contributed by atoms with Crippen LogP contribution in [-0.4, -0.2) is 42.9 Å². The highest BCUT2D eigenvalue weighted by molar-refractivity contribution is 8.18. The van der Waals surface area contributed by atoms with E-state index >= 15 is 0 Å². The number of thioether (sulfide) groups is 1. The fourth-order valence-electron chi connectivity index (χ4n) is 1.91. The zero-order valence-electron chi connectivity index (χ0n) is 12.7. The van der Waals surface area contributed by atoms with E-state index in [0.717, 1.165) is 29.5 Å². The standard InChI is InChI=1S/C16H19NO4S/c1-3-9-21-13-6-4-12(5-7-13)11-14-15(18)17(8-10-20-2)16(19)22-14/h4-7,11H,3,8-10H2,1-2H3/b14-11-. The van der Waals surface area contributed by atoms with Crippen molar-refractivity contribution in [3.63, 3.8) is 0 Å². The molecular formula is C16H19NO4S. The molecule has 0 bridgehead atoms. The Hall–Kier alpha value is -1.79. The van der Waals surface area contributed by atoms with Crippen LogP contribution >= 0.6 is 11.8 Å². The maximum atomic E-state index is 12.2. The first-order chi connectivity index (χ1) is 10.7. The number of hydrogen-bond donors (Lipinski definition) is 0. The van der Waals surface area contributed by atoms with Crippen molar-refractivity contribution in [1.82, 2.24) is 4.90 Å². The minimum Gasteiger partial charge on any atom is -0.494 e. The molecule has 0 aromatic heterocycles. The van der Waals surface area contributed by atoms with Crippen molar-refractivity contribution in [1.29, 1.82) is 0 Å². The van der Waals surface area contributed by atoms with E-state index in [-0.39, 0.29) is 17.7 Å². The average molecular weight is 321 g/mol. The number of rotatable bonds is 7. The van der Waals surface area contributed by atoms with Gasteiger partial charge in [0.25, 0.3) is 11.1 Å². The zero-order chi connectivity index (χ0) is 15.9. The van der Waals surface area contributed by atoms with Crippen LogP contribution in [0.3, 0.4) is 0 Å². The van der Waals surface area contributed by atoms with Gasteiger partial charge in [0.15, 0.2) is 0 Å². The predicted molar refractivity (Wildman–Crippen MR) is 86.8 cm³/mol. The highest BCUT2D eigenvalue weighted by Gasteiger charge is 2.34. The predicted octanol–water partition coefficient (Wildman–Crippen LogP) is 3.16. The summed E-state index contributed by atoms with van der Waals surface area (Å²) in [5.74, 6) is 0.533. The topological polar surface area (TPSA) is 55.8 Å². The lowest BCUT2D eigenvalue weighted by Crippen LogP contribution is -2.31. The van der Waals surface area contributed by atoms with E-state index in [1.807, 2.05) is 31.2 Å². The lowest BCUT2D eigenvalue weighted by atomic mass is 10.2. The van der Waals surface area contributed by atoms with Crippen LogP contribution < -0.4 is 4.74 Å². The molecule has 0 radical (unpaired) electrons. The van der Waals surface area contributed by atoms with Crippen molar-refractivity contribution in [2.45, 2.75) is 13.3 Å². The third kappa shape index (κ3) is 4.11. The SMILES string of the molecule is CCCOc1ccc(/C=C2\SC(=O)N(CCOC)C2=O)cc1. The van der Waals surface area contributed by atoms with Crippen LogP contribution in [-0.2, 0) is 9.53 Å². The molecular weight excluding hydrogens is 302 g/mol. The van der Waals surface area contributed by atoms with Gasteiger partial charge in [-0.1, -0.05) is 19.1 Å². The summed E-state index contributed by atoms with van der Waals surface area (Å²) in [5.41, 5.74) is 0.862. The Morgan fingerprint density at radius 1 is 1.18 bits per heavy atom. The van der Waals surface area contributed by atoms with Crippen molar-refractivity contribution in [2.75, 3.05) is 26.9 Å². The van der Waals surface area contributed by atoms with Gasteiger partial charge >= 0.3 is 0 Å². The Morgan fingerprint density at radius 3 is 2.55 bits per heavy atom. The van der Waals surface area contributed by atoms with E-state index in [2.05, 4.69) is 0 Å². The Balaban J connectivity index is 2.06. The molecule has 2 amide bonds. The minimum atomic E-state index is -0.265. The molecule has 0 aliphatic carbocycles. The maximum absolute atomic E-state index is 12.2. The summed E-state index contributed by atoms with van der Waals surface area (Å²) < 4.78 is 10.4. The number of amides is 2. The molecule has 1 fully saturated rings. The molecule has 1 aromatic carbocycles. The summed E-state index contributed by atoms with van der Waals surface area (Å²) in [7, 11) is 1.54. The highest BCUT2D eigenvalue weighted by Crippen LogP contribution is 2.32. The van der Waals surface area contributed by atoms with Gasteiger partial charge in [0, 0.05) is 7.11 Å². The molecule has 0 saturated carbocycles. The molecule has 0 spiro atoms.